The molecule has 2 N–H and O–H groups in total. The van der Waals surface area contributed by atoms with Crippen molar-refractivity contribution in [2.24, 2.45) is 5.73 Å². The molecule has 1 fully saturated rings. The second-order valence-electron chi connectivity index (χ2n) is 5.18. The Labute approximate surface area is 118 Å². The van der Waals surface area contributed by atoms with Gasteiger partial charge in [-0.15, -0.1) is 0 Å². The smallest absolute Gasteiger partial charge is 0.311 e. The summed E-state index contributed by atoms with van der Waals surface area (Å²) in [4.78, 5) is 10.4. The molecule has 0 unspecified atom stereocenters. The number of hydrogen-bond acceptors (Lipinski definition) is 5. The maximum absolute atomic E-state index is 10.9. The van der Waals surface area contributed by atoms with Crippen LogP contribution < -0.4 is 15.2 Å². The fourth-order valence-electron chi connectivity index (χ4n) is 2.46. The molecule has 2 rings (SSSR count). The lowest BCUT2D eigenvalue weighted by Gasteiger charge is -2.23. The Morgan fingerprint density at radius 2 is 2.05 bits per heavy atom. The van der Waals surface area contributed by atoms with E-state index in [-0.39, 0.29) is 17.0 Å². The predicted octanol–water partition coefficient (Wildman–Crippen LogP) is 2.64. The van der Waals surface area contributed by atoms with Gasteiger partial charge in [0, 0.05) is 12.1 Å². The Bertz CT molecular complexity index is 484. The molecule has 1 aromatic carbocycles. The molecule has 0 heterocycles. The van der Waals surface area contributed by atoms with Gasteiger partial charge in [0.15, 0.2) is 0 Å². The summed E-state index contributed by atoms with van der Waals surface area (Å²) < 4.78 is 11.0. The number of hydrogen-bond donors (Lipinski definition) is 1. The predicted molar refractivity (Wildman–Crippen MR) is 75.1 cm³/mol. The quantitative estimate of drug-likeness (QED) is 0.639. The first-order valence-corrected chi connectivity index (χ1v) is 6.87. The summed E-state index contributed by atoms with van der Waals surface area (Å²) in [7, 11) is 0. The van der Waals surface area contributed by atoms with E-state index in [2.05, 4.69) is 0 Å². The molecule has 1 saturated carbocycles. The molecule has 1 aromatic rings. The Morgan fingerprint density at radius 3 is 2.65 bits per heavy atom. The highest BCUT2D eigenvalue weighted by Gasteiger charge is 2.30. The molecule has 110 valence electrons. The highest BCUT2D eigenvalue weighted by atomic mass is 16.6. The first-order valence-electron chi connectivity index (χ1n) is 6.87. The van der Waals surface area contributed by atoms with E-state index in [1.165, 1.54) is 6.07 Å². The van der Waals surface area contributed by atoms with Gasteiger partial charge in [0.25, 0.3) is 0 Å². The Kier molecular flexibility index (Phi) is 4.44. The van der Waals surface area contributed by atoms with E-state index < -0.39 is 4.92 Å². The number of nitro benzene ring substituents is 1. The van der Waals surface area contributed by atoms with E-state index in [1.54, 1.807) is 19.1 Å². The molecule has 20 heavy (non-hydrogen) atoms. The van der Waals surface area contributed by atoms with Crippen molar-refractivity contribution in [1.29, 1.82) is 0 Å². The van der Waals surface area contributed by atoms with Crippen molar-refractivity contribution in [3.8, 4) is 11.5 Å². The van der Waals surface area contributed by atoms with Gasteiger partial charge < -0.3 is 15.2 Å². The molecule has 6 heteroatoms. The fourth-order valence-corrected chi connectivity index (χ4v) is 2.46. The third-order valence-electron chi connectivity index (χ3n) is 3.55. The van der Waals surface area contributed by atoms with Crippen molar-refractivity contribution in [3.05, 3.63) is 28.3 Å². The lowest BCUT2D eigenvalue weighted by molar-refractivity contribution is -0.385. The number of rotatable bonds is 6. The van der Waals surface area contributed by atoms with Crippen LogP contribution in [-0.2, 0) is 0 Å². The second-order valence-corrected chi connectivity index (χ2v) is 5.18. The number of benzene rings is 1. The van der Waals surface area contributed by atoms with E-state index in [0.717, 1.165) is 25.7 Å². The van der Waals surface area contributed by atoms with Crippen molar-refractivity contribution in [2.75, 3.05) is 13.2 Å². The van der Waals surface area contributed by atoms with Gasteiger partial charge in [-0.25, -0.2) is 0 Å². The molecular weight excluding hydrogens is 260 g/mol. The topological polar surface area (TPSA) is 87.6 Å². The molecule has 0 radical (unpaired) electrons. The van der Waals surface area contributed by atoms with Gasteiger partial charge in [-0.3, -0.25) is 10.1 Å². The minimum atomic E-state index is -0.462. The summed E-state index contributed by atoms with van der Waals surface area (Å²) in [6, 6.07) is 4.54. The normalized spacial score (nSPS) is 16.9. The van der Waals surface area contributed by atoms with Crippen molar-refractivity contribution in [1.82, 2.24) is 0 Å². The van der Waals surface area contributed by atoms with Crippen LogP contribution in [-0.4, -0.2) is 23.7 Å². The van der Waals surface area contributed by atoms with Crippen molar-refractivity contribution in [3.63, 3.8) is 0 Å². The van der Waals surface area contributed by atoms with E-state index in [0.29, 0.717) is 19.0 Å². The summed E-state index contributed by atoms with van der Waals surface area (Å²) in [5.74, 6) is 0.781. The maximum atomic E-state index is 10.9. The van der Waals surface area contributed by atoms with Crippen LogP contribution in [0.1, 0.15) is 32.6 Å². The Balaban J connectivity index is 2.08. The van der Waals surface area contributed by atoms with Gasteiger partial charge in [-0.2, -0.15) is 0 Å². The van der Waals surface area contributed by atoms with Crippen molar-refractivity contribution < 1.29 is 14.4 Å². The zero-order valence-corrected chi connectivity index (χ0v) is 11.6. The fraction of sp³-hybridized carbons (Fsp3) is 0.571. The van der Waals surface area contributed by atoms with Crippen LogP contribution in [0.4, 0.5) is 5.69 Å². The first-order chi connectivity index (χ1) is 9.54. The van der Waals surface area contributed by atoms with Crippen molar-refractivity contribution >= 4 is 5.69 Å². The van der Waals surface area contributed by atoms with E-state index in [9.17, 15) is 10.1 Å². The average molecular weight is 280 g/mol. The number of nitro groups is 1. The Morgan fingerprint density at radius 1 is 1.35 bits per heavy atom. The molecule has 0 aromatic heterocycles. The first kappa shape index (κ1) is 14.6. The molecule has 1 aliphatic rings. The molecule has 1 aliphatic carbocycles. The summed E-state index contributed by atoms with van der Waals surface area (Å²) in [5, 5.41) is 10.9. The van der Waals surface area contributed by atoms with Crippen LogP contribution in [0.15, 0.2) is 18.2 Å². The molecule has 0 saturated heterocycles. The summed E-state index contributed by atoms with van der Waals surface area (Å²) in [6.45, 7) is 2.58. The van der Waals surface area contributed by atoms with E-state index in [1.807, 2.05) is 0 Å². The minimum Gasteiger partial charge on any atom is -0.492 e. The number of nitrogens with zero attached hydrogens (tertiary/aromatic N) is 1. The molecule has 0 spiro atoms. The highest BCUT2D eigenvalue weighted by molar-refractivity contribution is 5.50. The van der Waals surface area contributed by atoms with Gasteiger partial charge in [0.1, 0.15) is 12.4 Å². The maximum Gasteiger partial charge on any atom is 0.311 e. The summed E-state index contributed by atoms with van der Waals surface area (Å²) in [6.07, 6.45) is 4.17. The molecule has 0 amide bonds. The lowest BCUT2D eigenvalue weighted by Crippen LogP contribution is -2.42. The van der Waals surface area contributed by atoms with Crippen LogP contribution in [0.3, 0.4) is 0 Å². The summed E-state index contributed by atoms with van der Waals surface area (Å²) >= 11 is 0. The van der Waals surface area contributed by atoms with Crippen LogP contribution in [0.2, 0.25) is 0 Å². The van der Waals surface area contributed by atoms with Crippen LogP contribution >= 0.6 is 0 Å². The molecular formula is C14H20N2O4. The lowest BCUT2D eigenvalue weighted by atomic mass is 10.0. The molecule has 6 nitrogen and oxygen atoms in total. The average Bonchev–Trinajstić information content (AvgIpc) is 2.84. The van der Waals surface area contributed by atoms with Gasteiger partial charge in [-0.1, -0.05) is 12.8 Å². The third-order valence-corrected chi connectivity index (χ3v) is 3.55. The molecule has 0 bridgehead atoms. The molecule has 0 aliphatic heterocycles. The SMILES string of the molecule is CCOc1cc(OCC2(N)CCCC2)ccc1[N+](=O)[O-]. The zero-order valence-electron chi connectivity index (χ0n) is 11.6. The van der Waals surface area contributed by atoms with Gasteiger partial charge in [-0.05, 0) is 25.8 Å². The van der Waals surface area contributed by atoms with Crippen LogP contribution in [0, 0.1) is 10.1 Å². The Hall–Kier alpha value is -1.82. The second kappa shape index (κ2) is 6.09. The van der Waals surface area contributed by atoms with Crippen LogP contribution in [0.25, 0.3) is 0 Å². The standard InChI is InChI=1S/C14H20N2O4/c1-2-19-13-9-11(5-6-12(13)16(17)18)20-10-14(15)7-3-4-8-14/h5-6,9H,2-4,7-8,10,15H2,1H3. The van der Waals surface area contributed by atoms with Crippen LogP contribution in [0.5, 0.6) is 11.5 Å². The molecule has 0 atom stereocenters. The highest BCUT2D eigenvalue weighted by Crippen LogP contribution is 2.33. The van der Waals surface area contributed by atoms with Gasteiger partial charge in [0.2, 0.25) is 5.75 Å². The van der Waals surface area contributed by atoms with Crippen molar-refractivity contribution in [2.45, 2.75) is 38.1 Å². The zero-order chi connectivity index (χ0) is 14.6. The number of nitrogens with two attached hydrogens (primary N) is 1. The van der Waals surface area contributed by atoms with E-state index >= 15 is 0 Å². The largest absolute Gasteiger partial charge is 0.492 e. The minimum absolute atomic E-state index is 0.0532. The summed E-state index contributed by atoms with van der Waals surface area (Å²) in [5.41, 5.74) is 5.89. The van der Waals surface area contributed by atoms with Gasteiger partial charge in [0.05, 0.1) is 17.1 Å². The number of ether oxygens (including phenoxy) is 2. The van der Waals surface area contributed by atoms with E-state index in [4.69, 9.17) is 15.2 Å². The van der Waals surface area contributed by atoms with Gasteiger partial charge >= 0.3 is 5.69 Å². The monoisotopic (exact) mass is 280 g/mol. The third kappa shape index (κ3) is 3.39.